The Hall–Kier alpha value is -2.73. The van der Waals surface area contributed by atoms with Gasteiger partial charge in [0.1, 0.15) is 0 Å². The minimum atomic E-state index is -1.58. The summed E-state index contributed by atoms with van der Waals surface area (Å²) in [5.41, 5.74) is 0.737. The van der Waals surface area contributed by atoms with E-state index in [0.717, 1.165) is 3.57 Å². The van der Waals surface area contributed by atoms with E-state index in [4.69, 9.17) is 4.74 Å². The minimum absolute atomic E-state index is 0.0637. The molecule has 1 atom stereocenters. The molecular weight excluding hydrogens is 447 g/mol. The second-order valence-corrected chi connectivity index (χ2v) is 6.43. The number of halogens is 1. The number of Topliss-reactive ketones (excluding diaryl/α,β-unsaturated/α-hetero) is 1. The van der Waals surface area contributed by atoms with Gasteiger partial charge in [-0.2, -0.15) is 5.26 Å². The van der Waals surface area contributed by atoms with Crippen molar-refractivity contribution in [2.45, 2.75) is 6.92 Å². The predicted octanol–water partition coefficient (Wildman–Crippen LogP) is 3.43. The molecule has 0 aromatic heterocycles. The van der Waals surface area contributed by atoms with Crippen LogP contribution in [0.1, 0.15) is 27.6 Å². The number of nitrogens with one attached hydrogen (secondary N) is 1. The molecule has 0 aliphatic rings. The lowest BCUT2D eigenvalue weighted by Gasteiger charge is -2.13. The van der Waals surface area contributed by atoms with Gasteiger partial charge in [0.05, 0.1) is 18.4 Å². The van der Waals surface area contributed by atoms with Crippen molar-refractivity contribution >= 4 is 45.9 Å². The molecule has 0 bridgehead atoms. The Morgan fingerprint density at radius 1 is 1.19 bits per heavy atom. The summed E-state index contributed by atoms with van der Waals surface area (Å²) in [7, 11) is 0. The van der Waals surface area contributed by atoms with Crippen LogP contribution in [0.4, 0.5) is 5.69 Å². The topological polar surface area (TPSA) is 96.3 Å². The molecule has 0 heterocycles. The highest BCUT2D eigenvalue weighted by molar-refractivity contribution is 14.1. The number of esters is 1. The number of carbonyl (C=O) groups is 3. The lowest BCUT2D eigenvalue weighted by molar-refractivity contribution is -0.144. The molecule has 0 saturated heterocycles. The summed E-state index contributed by atoms with van der Waals surface area (Å²) in [6, 6.07) is 15.0. The number of nitriles is 1. The summed E-state index contributed by atoms with van der Waals surface area (Å²) < 4.78 is 5.51. The Morgan fingerprint density at radius 3 is 2.50 bits per heavy atom. The average molecular weight is 462 g/mol. The molecule has 0 fully saturated rings. The fourth-order valence-corrected chi connectivity index (χ4v) is 2.70. The molecule has 26 heavy (non-hydrogen) atoms. The first-order valence-corrected chi connectivity index (χ1v) is 8.82. The fraction of sp³-hybridized carbons (Fsp3) is 0.158. The fourth-order valence-electron chi connectivity index (χ4n) is 2.21. The van der Waals surface area contributed by atoms with Gasteiger partial charge in [-0.05, 0) is 59.8 Å². The normalized spacial score (nSPS) is 11.1. The zero-order chi connectivity index (χ0) is 19.1. The first kappa shape index (κ1) is 19.6. The molecule has 0 radical (unpaired) electrons. The number of benzene rings is 2. The molecule has 0 aliphatic carbocycles. The van der Waals surface area contributed by atoms with Crippen LogP contribution in [0.25, 0.3) is 0 Å². The third-order valence-corrected chi connectivity index (χ3v) is 4.12. The van der Waals surface area contributed by atoms with Gasteiger partial charge in [0.25, 0.3) is 5.91 Å². The van der Waals surface area contributed by atoms with Crippen LogP contribution < -0.4 is 5.32 Å². The van der Waals surface area contributed by atoms with E-state index < -0.39 is 23.6 Å². The Morgan fingerprint density at radius 2 is 1.88 bits per heavy atom. The average Bonchev–Trinajstić information content (AvgIpc) is 2.64. The first-order chi connectivity index (χ1) is 12.5. The van der Waals surface area contributed by atoms with Crippen LogP contribution in [0, 0.1) is 20.8 Å². The molecule has 1 N–H and O–H groups in total. The van der Waals surface area contributed by atoms with Crippen molar-refractivity contribution in [2.24, 2.45) is 5.92 Å². The van der Waals surface area contributed by atoms with E-state index >= 15 is 0 Å². The van der Waals surface area contributed by atoms with Crippen molar-refractivity contribution in [2.75, 3.05) is 11.9 Å². The highest BCUT2D eigenvalue weighted by atomic mass is 127. The van der Waals surface area contributed by atoms with Crippen LogP contribution in [-0.4, -0.2) is 24.3 Å². The van der Waals surface area contributed by atoms with Crippen molar-refractivity contribution in [3.8, 4) is 6.07 Å². The number of ketones is 1. The molecule has 2 rings (SSSR count). The Labute approximate surface area is 164 Å². The van der Waals surface area contributed by atoms with Crippen molar-refractivity contribution < 1.29 is 19.1 Å². The maximum atomic E-state index is 12.7. The summed E-state index contributed by atoms with van der Waals surface area (Å²) in [6.45, 7) is 1.65. The van der Waals surface area contributed by atoms with E-state index in [9.17, 15) is 19.6 Å². The molecule has 0 spiro atoms. The lowest BCUT2D eigenvalue weighted by Crippen LogP contribution is -2.26. The van der Waals surface area contributed by atoms with Gasteiger partial charge < -0.3 is 10.1 Å². The Kier molecular flexibility index (Phi) is 6.86. The SMILES string of the molecule is CCOC(=O)C(C#N)C(=O)c1cc(I)ccc1NC(=O)c1ccccc1. The zero-order valence-electron chi connectivity index (χ0n) is 13.9. The van der Waals surface area contributed by atoms with Gasteiger partial charge in [-0.3, -0.25) is 14.4 Å². The summed E-state index contributed by atoms with van der Waals surface area (Å²) in [5.74, 6) is -3.60. The Balaban J connectivity index is 2.35. The summed E-state index contributed by atoms with van der Waals surface area (Å²) in [4.78, 5) is 36.9. The molecular formula is C19H15IN2O4. The van der Waals surface area contributed by atoms with Crippen LogP contribution >= 0.6 is 22.6 Å². The van der Waals surface area contributed by atoms with Gasteiger partial charge in [0, 0.05) is 14.7 Å². The Bertz CT molecular complexity index is 875. The predicted molar refractivity (Wildman–Crippen MR) is 104 cm³/mol. The molecule has 2 aromatic rings. The third kappa shape index (κ3) is 4.67. The van der Waals surface area contributed by atoms with Crippen molar-refractivity contribution in [3.63, 3.8) is 0 Å². The molecule has 7 heteroatoms. The lowest BCUT2D eigenvalue weighted by atomic mass is 9.97. The van der Waals surface area contributed by atoms with Gasteiger partial charge in [-0.15, -0.1) is 0 Å². The molecule has 1 amide bonds. The van der Waals surface area contributed by atoms with Crippen molar-refractivity contribution in [1.82, 2.24) is 0 Å². The van der Waals surface area contributed by atoms with Crippen LogP contribution in [0.5, 0.6) is 0 Å². The molecule has 1 unspecified atom stereocenters. The molecule has 0 aliphatic heterocycles. The highest BCUT2D eigenvalue weighted by Gasteiger charge is 2.31. The minimum Gasteiger partial charge on any atom is -0.465 e. The van der Waals surface area contributed by atoms with E-state index in [1.54, 1.807) is 55.5 Å². The number of hydrogen-bond donors (Lipinski definition) is 1. The number of carbonyl (C=O) groups excluding carboxylic acids is 3. The largest absolute Gasteiger partial charge is 0.465 e. The van der Waals surface area contributed by atoms with E-state index in [1.165, 1.54) is 6.07 Å². The number of amides is 1. The van der Waals surface area contributed by atoms with Gasteiger partial charge in [0.15, 0.2) is 5.78 Å². The molecule has 2 aromatic carbocycles. The van der Waals surface area contributed by atoms with Crippen LogP contribution in [0.3, 0.4) is 0 Å². The number of anilines is 1. The number of ether oxygens (including phenoxy) is 1. The standard InChI is InChI=1S/C19H15IN2O4/c1-2-26-19(25)15(11-21)17(23)14-10-13(20)8-9-16(14)22-18(24)12-6-4-3-5-7-12/h3-10,15H,2H2,1H3,(H,22,24). The summed E-state index contributed by atoms with van der Waals surface area (Å²) in [6.07, 6.45) is 0. The van der Waals surface area contributed by atoms with E-state index in [2.05, 4.69) is 5.32 Å². The van der Waals surface area contributed by atoms with Gasteiger partial charge in [-0.25, -0.2) is 0 Å². The van der Waals surface area contributed by atoms with Gasteiger partial charge in [-0.1, -0.05) is 18.2 Å². The molecule has 6 nitrogen and oxygen atoms in total. The number of nitrogens with zero attached hydrogens (tertiary/aromatic N) is 1. The van der Waals surface area contributed by atoms with E-state index in [1.807, 2.05) is 22.6 Å². The first-order valence-electron chi connectivity index (χ1n) is 7.74. The van der Waals surface area contributed by atoms with Gasteiger partial charge >= 0.3 is 5.97 Å². The van der Waals surface area contributed by atoms with Crippen LogP contribution in [0.15, 0.2) is 48.5 Å². The highest BCUT2D eigenvalue weighted by Crippen LogP contribution is 2.23. The van der Waals surface area contributed by atoms with Crippen LogP contribution in [-0.2, 0) is 9.53 Å². The smallest absolute Gasteiger partial charge is 0.331 e. The quantitative estimate of drug-likeness (QED) is 0.307. The maximum Gasteiger partial charge on any atom is 0.331 e. The summed E-state index contributed by atoms with van der Waals surface area (Å²) in [5, 5.41) is 11.9. The summed E-state index contributed by atoms with van der Waals surface area (Å²) >= 11 is 2.01. The maximum absolute atomic E-state index is 12.7. The van der Waals surface area contributed by atoms with Crippen molar-refractivity contribution in [3.05, 3.63) is 63.2 Å². The molecule has 132 valence electrons. The zero-order valence-corrected chi connectivity index (χ0v) is 16.0. The van der Waals surface area contributed by atoms with Crippen LogP contribution in [0.2, 0.25) is 0 Å². The number of rotatable bonds is 6. The van der Waals surface area contributed by atoms with Crippen molar-refractivity contribution in [1.29, 1.82) is 5.26 Å². The second kappa shape index (κ2) is 9.10. The second-order valence-electron chi connectivity index (χ2n) is 5.19. The third-order valence-electron chi connectivity index (χ3n) is 3.44. The van der Waals surface area contributed by atoms with E-state index in [0.29, 0.717) is 5.56 Å². The van der Waals surface area contributed by atoms with E-state index in [-0.39, 0.29) is 17.9 Å². The van der Waals surface area contributed by atoms with Gasteiger partial charge in [0.2, 0.25) is 5.92 Å². The monoisotopic (exact) mass is 462 g/mol. The number of hydrogen-bond acceptors (Lipinski definition) is 5. The molecule has 0 saturated carbocycles.